The van der Waals surface area contributed by atoms with Gasteiger partial charge in [0.2, 0.25) is 0 Å². The molecule has 20 heavy (non-hydrogen) atoms. The number of aromatic hydroxyl groups is 1. The Morgan fingerprint density at radius 1 is 1.25 bits per heavy atom. The lowest BCUT2D eigenvalue weighted by molar-refractivity contribution is 0.309. The number of likely N-dealkylation sites (N-methyl/N-ethyl adjacent to an activating group) is 1. The number of hydrogen-bond donors (Lipinski definition) is 1. The number of nitrogens with zero attached hydrogens (tertiary/aromatic N) is 4. The van der Waals surface area contributed by atoms with Gasteiger partial charge < -0.3 is 19.4 Å². The first-order valence-corrected chi connectivity index (χ1v) is 6.77. The predicted molar refractivity (Wildman–Crippen MR) is 76.1 cm³/mol. The Morgan fingerprint density at radius 3 is 2.75 bits per heavy atom. The van der Waals surface area contributed by atoms with E-state index in [9.17, 15) is 5.11 Å². The van der Waals surface area contributed by atoms with E-state index in [2.05, 4.69) is 27.0 Å². The van der Waals surface area contributed by atoms with Crippen LogP contribution in [0.5, 0.6) is 5.75 Å². The van der Waals surface area contributed by atoms with Crippen molar-refractivity contribution >= 4 is 17.5 Å². The van der Waals surface area contributed by atoms with Crippen molar-refractivity contribution < 1.29 is 9.63 Å². The summed E-state index contributed by atoms with van der Waals surface area (Å²) in [6.45, 7) is 3.65. The smallest absolute Gasteiger partial charge is 0.266 e. The number of halogens is 1. The number of piperazine rings is 1. The molecule has 0 atom stereocenters. The van der Waals surface area contributed by atoms with E-state index in [1.54, 1.807) is 12.1 Å². The maximum Gasteiger partial charge on any atom is 0.266 e. The fourth-order valence-electron chi connectivity index (χ4n) is 2.14. The molecule has 1 saturated heterocycles. The molecule has 106 valence electrons. The fraction of sp³-hybridized carbons (Fsp3) is 0.385. The summed E-state index contributed by atoms with van der Waals surface area (Å²) in [5, 5.41) is 14.3. The summed E-state index contributed by atoms with van der Waals surface area (Å²) < 4.78 is 5.23. The second-order valence-corrected chi connectivity index (χ2v) is 5.29. The highest BCUT2D eigenvalue weighted by Gasteiger charge is 2.20. The van der Waals surface area contributed by atoms with E-state index in [4.69, 9.17) is 16.1 Å². The minimum Gasteiger partial charge on any atom is -0.507 e. The Hall–Kier alpha value is -1.79. The lowest BCUT2D eigenvalue weighted by Gasteiger charge is -2.31. The standard InChI is InChI=1S/C13H15ClN4O2/c1-17-4-6-18(7-5-17)13-15-12(20-16-13)10-8-9(14)2-3-11(10)19/h2-3,8,19H,4-7H2,1H3. The van der Waals surface area contributed by atoms with E-state index in [0.717, 1.165) is 26.2 Å². The lowest BCUT2D eigenvalue weighted by atomic mass is 10.2. The molecule has 0 unspecified atom stereocenters. The van der Waals surface area contributed by atoms with Crippen molar-refractivity contribution in [3.8, 4) is 17.2 Å². The largest absolute Gasteiger partial charge is 0.507 e. The van der Waals surface area contributed by atoms with Crippen molar-refractivity contribution in [1.82, 2.24) is 15.0 Å². The molecule has 6 nitrogen and oxygen atoms in total. The van der Waals surface area contributed by atoms with Crippen LogP contribution in [0, 0.1) is 0 Å². The number of anilines is 1. The molecule has 0 radical (unpaired) electrons. The topological polar surface area (TPSA) is 65.6 Å². The first-order chi connectivity index (χ1) is 9.63. The molecule has 0 amide bonds. The van der Waals surface area contributed by atoms with Gasteiger partial charge in [0.05, 0.1) is 5.56 Å². The van der Waals surface area contributed by atoms with Crippen LogP contribution >= 0.6 is 11.6 Å². The number of phenolic OH excluding ortho intramolecular Hbond substituents is 1. The molecular weight excluding hydrogens is 280 g/mol. The molecule has 1 aromatic heterocycles. The molecule has 3 rings (SSSR count). The van der Waals surface area contributed by atoms with Gasteiger partial charge in [-0.3, -0.25) is 0 Å². The number of aromatic nitrogens is 2. The molecule has 1 aliphatic heterocycles. The number of hydrogen-bond acceptors (Lipinski definition) is 6. The number of rotatable bonds is 2. The third-order valence-electron chi connectivity index (χ3n) is 3.39. The molecule has 0 aliphatic carbocycles. The molecule has 2 aromatic rings. The van der Waals surface area contributed by atoms with Crippen LogP contribution in [-0.2, 0) is 0 Å². The van der Waals surface area contributed by atoms with Gasteiger partial charge >= 0.3 is 0 Å². The molecule has 1 aliphatic rings. The normalized spacial score (nSPS) is 16.6. The maximum atomic E-state index is 9.84. The molecule has 0 bridgehead atoms. The SMILES string of the molecule is CN1CCN(c2noc(-c3cc(Cl)ccc3O)n2)CC1. The summed E-state index contributed by atoms with van der Waals surface area (Å²) in [7, 11) is 2.09. The molecular formula is C13H15ClN4O2. The Morgan fingerprint density at radius 2 is 2.00 bits per heavy atom. The zero-order chi connectivity index (χ0) is 14.1. The average molecular weight is 295 g/mol. The number of phenols is 1. The van der Waals surface area contributed by atoms with Gasteiger partial charge in [-0.2, -0.15) is 4.98 Å². The summed E-state index contributed by atoms with van der Waals surface area (Å²) in [5.74, 6) is 0.898. The third kappa shape index (κ3) is 2.57. The van der Waals surface area contributed by atoms with Crippen molar-refractivity contribution in [2.75, 3.05) is 38.1 Å². The van der Waals surface area contributed by atoms with Crippen molar-refractivity contribution in [3.05, 3.63) is 23.2 Å². The van der Waals surface area contributed by atoms with Gasteiger partial charge in [-0.1, -0.05) is 11.6 Å². The van der Waals surface area contributed by atoms with Crippen molar-refractivity contribution in [1.29, 1.82) is 0 Å². The first kappa shape index (κ1) is 13.2. The Labute approximate surface area is 121 Å². The monoisotopic (exact) mass is 294 g/mol. The van der Waals surface area contributed by atoms with E-state index in [1.165, 1.54) is 6.07 Å². The van der Waals surface area contributed by atoms with E-state index in [0.29, 0.717) is 16.5 Å². The Bertz CT molecular complexity index is 608. The highest BCUT2D eigenvalue weighted by molar-refractivity contribution is 6.30. The van der Waals surface area contributed by atoms with Crippen LogP contribution in [0.1, 0.15) is 0 Å². The predicted octanol–water partition coefficient (Wildman–Crippen LogP) is 1.85. The fourth-order valence-corrected chi connectivity index (χ4v) is 2.31. The van der Waals surface area contributed by atoms with Gasteiger partial charge in [0.1, 0.15) is 5.75 Å². The first-order valence-electron chi connectivity index (χ1n) is 6.39. The van der Waals surface area contributed by atoms with Crippen LogP contribution in [-0.4, -0.2) is 53.4 Å². The van der Waals surface area contributed by atoms with Crippen molar-refractivity contribution in [3.63, 3.8) is 0 Å². The summed E-state index contributed by atoms with van der Waals surface area (Å²) in [6, 6.07) is 4.73. The van der Waals surface area contributed by atoms with Crippen LogP contribution < -0.4 is 4.90 Å². The molecule has 0 spiro atoms. The molecule has 0 saturated carbocycles. The van der Waals surface area contributed by atoms with Crippen LogP contribution in [0.15, 0.2) is 22.7 Å². The van der Waals surface area contributed by atoms with E-state index in [1.807, 2.05) is 0 Å². The summed E-state index contributed by atoms with van der Waals surface area (Å²) in [4.78, 5) is 8.66. The number of benzene rings is 1. The summed E-state index contributed by atoms with van der Waals surface area (Å²) in [6.07, 6.45) is 0. The minimum atomic E-state index is 0.0722. The van der Waals surface area contributed by atoms with Gasteiger partial charge in [0, 0.05) is 31.2 Å². The van der Waals surface area contributed by atoms with Crippen LogP contribution in [0.2, 0.25) is 5.02 Å². The van der Waals surface area contributed by atoms with Crippen LogP contribution in [0.3, 0.4) is 0 Å². The van der Waals surface area contributed by atoms with Crippen LogP contribution in [0.4, 0.5) is 5.95 Å². The maximum absolute atomic E-state index is 9.84. The Kier molecular flexibility index (Phi) is 3.50. The molecule has 2 heterocycles. The molecule has 7 heteroatoms. The van der Waals surface area contributed by atoms with Gasteiger partial charge in [-0.25, -0.2) is 0 Å². The van der Waals surface area contributed by atoms with Gasteiger partial charge in [0.15, 0.2) is 0 Å². The van der Waals surface area contributed by atoms with Gasteiger partial charge in [0.25, 0.3) is 11.8 Å². The summed E-state index contributed by atoms with van der Waals surface area (Å²) in [5.41, 5.74) is 0.449. The minimum absolute atomic E-state index is 0.0722. The summed E-state index contributed by atoms with van der Waals surface area (Å²) >= 11 is 5.92. The van der Waals surface area contributed by atoms with Crippen LogP contribution in [0.25, 0.3) is 11.5 Å². The second-order valence-electron chi connectivity index (χ2n) is 4.85. The average Bonchev–Trinajstić information content (AvgIpc) is 2.92. The van der Waals surface area contributed by atoms with E-state index in [-0.39, 0.29) is 11.6 Å². The van der Waals surface area contributed by atoms with E-state index >= 15 is 0 Å². The third-order valence-corrected chi connectivity index (χ3v) is 3.63. The second kappa shape index (κ2) is 5.30. The van der Waals surface area contributed by atoms with Gasteiger partial charge in [-0.15, -0.1) is 0 Å². The highest BCUT2D eigenvalue weighted by Crippen LogP contribution is 2.31. The molecule has 1 aromatic carbocycles. The van der Waals surface area contributed by atoms with Gasteiger partial charge in [-0.05, 0) is 30.4 Å². The Balaban J connectivity index is 1.85. The zero-order valence-corrected chi connectivity index (χ0v) is 11.8. The quantitative estimate of drug-likeness (QED) is 0.912. The lowest BCUT2D eigenvalue weighted by Crippen LogP contribution is -2.44. The van der Waals surface area contributed by atoms with Crippen molar-refractivity contribution in [2.45, 2.75) is 0 Å². The van der Waals surface area contributed by atoms with Crippen molar-refractivity contribution in [2.24, 2.45) is 0 Å². The highest BCUT2D eigenvalue weighted by atomic mass is 35.5. The van der Waals surface area contributed by atoms with E-state index < -0.39 is 0 Å². The zero-order valence-electron chi connectivity index (χ0n) is 11.1. The molecule has 1 fully saturated rings. The molecule has 1 N–H and O–H groups in total.